The summed E-state index contributed by atoms with van der Waals surface area (Å²) >= 11 is 0. The van der Waals surface area contributed by atoms with Gasteiger partial charge in [0, 0.05) is 20.3 Å². The van der Waals surface area contributed by atoms with Gasteiger partial charge in [0.05, 0.1) is 26.2 Å². The summed E-state index contributed by atoms with van der Waals surface area (Å²) in [7, 11) is 0. The van der Waals surface area contributed by atoms with E-state index in [1.807, 2.05) is 0 Å². The Kier molecular flexibility index (Phi) is 5.41. The van der Waals surface area contributed by atoms with Gasteiger partial charge in [0.15, 0.2) is 6.29 Å². The van der Waals surface area contributed by atoms with Crippen molar-refractivity contribution < 1.29 is 33.3 Å². The molecular weight excluding hydrogens is 292 g/mol. The molecule has 1 atom stereocenters. The van der Waals surface area contributed by atoms with E-state index >= 15 is 0 Å². The molecule has 0 aromatic carbocycles. The van der Waals surface area contributed by atoms with Gasteiger partial charge >= 0.3 is 11.9 Å². The minimum Gasteiger partial charge on any atom is -0.466 e. The van der Waals surface area contributed by atoms with Crippen molar-refractivity contribution in [1.29, 1.82) is 0 Å². The Hall–Kier alpha value is -1.18. The molecular formula is C15H24O7. The van der Waals surface area contributed by atoms with Gasteiger partial charge in [-0.1, -0.05) is 0 Å². The zero-order valence-electron chi connectivity index (χ0n) is 13.4. The molecule has 7 nitrogen and oxygen atoms in total. The Morgan fingerprint density at radius 2 is 2.00 bits per heavy atom. The van der Waals surface area contributed by atoms with E-state index in [1.54, 1.807) is 20.8 Å². The largest absolute Gasteiger partial charge is 0.466 e. The summed E-state index contributed by atoms with van der Waals surface area (Å²) in [5.74, 6) is -1.66. The van der Waals surface area contributed by atoms with Crippen molar-refractivity contribution in [3.63, 3.8) is 0 Å². The molecule has 0 bridgehead atoms. The molecule has 0 spiro atoms. The van der Waals surface area contributed by atoms with Crippen LogP contribution in [0.1, 0.15) is 46.5 Å². The summed E-state index contributed by atoms with van der Waals surface area (Å²) in [5, 5.41) is 0. The maximum absolute atomic E-state index is 11.9. The molecule has 2 heterocycles. The number of esters is 2. The average molecular weight is 316 g/mol. The van der Waals surface area contributed by atoms with Gasteiger partial charge in [0.2, 0.25) is 5.79 Å². The van der Waals surface area contributed by atoms with Crippen LogP contribution >= 0.6 is 0 Å². The summed E-state index contributed by atoms with van der Waals surface area (Å²) in [6.45, 7) is 6.40. The van der Waals surface area contributed by atoms with Gasteiger partial charge in [-0.25, -0.2) is 0 Å². The van der Waals surface area contributed by atoms with E-state index in [2.05, 4.69) is 0 Å². The fourth-order valence-electron chi connectivity index (χ4n) is 2.92. The van der Waals surface area contributed by atoms with Gasteiger partial charge in [-0.3, -0.25) is 9.59 Å². The first kappa shape index (κ1) is 17.2. The fourth-order valence-corrected chi connectivity index (χ4v) is 2.92. The standard InChI is InChI=1S/C15H24O7/c1-4-18-11(16)6-5-7-15(13-19-8-9-20-13)10-12(17)21-14(2,3)22-15/h13H,4-10H2,1-3H3. The Morgan fingerprint density at radius 3 is 2.59 bits per heavy atom. The topological polar surface area (TPSA) is 80.3 Å². The summed E-state index contributed by atoms with van der Waals surface area (Å²) < 4.78 is 27.3. The van der Waals surface area contributed by atoms with E-state index in [0.29, 0.717) is 32.7 Å². The lowest BCUT2D eigenvalue weighted by Crippen LogP contribution is -2.57. The predicted molar refractivity (Wildman–Crippen MR) is 74.8 cm³/mol. The van der Waals surface area contributed by atoms with E-state index in [0.717, 1.165) is 0 Å². The van der Waals surface area contributed by atoms with Crippen molar-refractivity contribution in [3.05, 3.63) is 0 Å². The molecule has 0 radical (unpaired) electrons. The van der Waals surface area contributed by atoms with Crippen LogP contribution in [-0.4, -0.2) is 49.4 Å². The molecule has 2 saturated heterocycles. The summed E-state index contributed by atoms with van der Waals surface area (Å²) in [5.41, 5.74) is -0.929. The van der Waals surface area contributed by atoms with Crippen molar-refractivity contribution in [3.8, 4) is 0 Å². The van der Waals surface area contributed by atoms with Crippen LogP contribution in [0.5, 0.6) is 0 Å². The van der Waals surface area contributed by atoms with E-state index < -0.39 is 17.7 Å². The normalized spacial score (nSPS) is 28.4. The van der Waals surface area contributed by atoms with Crippen molar-refractivity contribution in [2.75, 3.05) is 19.8 Å². The number of cyclic esters (lactones) is 1. The molecule has 1 unspecified atom stereocenters. The lowest BCUT2D eigenvalue weighted by Gasteiger charge is -2.46. The molecule has 0 aromatic rings. The van der Waals surface area contributed by atoms with Gasteiger partial charge in [0.25, 0.3) is 0 Å². The van der Waals surface area contributed by atoms with E-state index in [9.17, 15) is 9.59 Å². The highest BCUT2D eigenvalue weighted by Crippen LogP contribution is 2.40. The lowest BCUT2D eigenvalue weighted by atomic mass is 9.90. The smallest absolute Gasteiger partial charge is 0.311 e. The van der Waals surface area contributed by atoms with Crippen LogP contribution in [0.25, 0.3) is 0 Å². The van der Waals surface area contributed by atoms with Crippen LogP contribution in [0.15, 0.2) is 0 Å². The molecule has 7 heteroatoms. The summed E-state index contributed by atoms with van der Waals surface area (Å²) in [6.07, 6.45) is 0.660. The molecule has 0 aliphatic carbocycles. The number of hydrogen-bond donors (Lipinski definition) is 0. The Balaban J connectivity index is 2.05. The van der Waals surface area contributed by atoms with E-state index in [-0.39, 0.29) is 24.8 Å². The molecule has 0 saturated carbocycles. The summed E-state index contributed by atoms with van der Waals surface area (Å²) in [4.78, 5) is 23.4. The van der Waals surface area contributed by atoms with Crippen LogP contribution in [0.4, 0.5) is 0 Å². The first-order chi connectivity index (χ1) is 10.4. The number of carbonyl (C=O) groups is 2. The Morgan fingerprint density at radius 1 is 1.32 bits per heavy atom. The van der Waals surface area contributed by atoms with Gasteiger partial charge in [-0.15, -0.1) is 0 Å². The monoisotopic (exact) mass is 316 g/mol. The first-order valence-corrected chi connectivity index (χ1v) is 7.68. The average Bonchev–Trinajstić information content (AvgIpc) is 2.90. The second-order valence-corrected chi connectivity index (χ2v) is 5.95. The molecule has 2 aliphatic rings. The predicted octanol–water partition coefficient (Wildman–Crippen LogP) is 1.53. The third-order valence-electron chi connectivity index (χ3n) is 3.59. The quantitative estimate of drug-likeness (QED) is 0.687. The fraction of sp³-hybridized carbons (Fsp3) is 0.867. The number of rotatable bonds is 6. The molecule has 0 N–H and O–H groups in total. The number of hydrogen-bond acceptors (Lipinski definition) is 7. The van der Waals surface area contributed by atoms with Gasteiger partial charge in [-0.2, -0.15) is 0 Å². The lowest BCUT2D eigenvalue weighted by molar-refractivity contribution is -0.332. The minimum absolute atomic E-state index is 0.0456. The van der Waals surface area contributed by atoms with Crippen LogP contribution < -0.4 is 0 Å². The minimum atomic E-state index is -1.05. The van der Waals surface area contributed by atoms with E-state index in [1.165, 1.54) is 0 Å². The zero-order valence-corrected chi connectivity index (χ0v) is 13.4. The van der Waals surface area contributed by atoms with Crippen molar-refractivity contribution in [2.24, 2.45) is 0 Å². The van der Waals surface area contributed by atoms with Crippen molar-refractivity contribution in [1.82, 2.24) is 0 Å². The Bertz CT molecular complexity index is 414. The second-order valence-electron chi connectivity index (χ2n) is 5.95. The summed E-state index contributed by atoms with van der Waals surface area (Å²) in [6, 6.07) is 0. The second kappa shape index (κ2) is 6.93. The number of ether oxygens (including phenoxy) is 5. The van der Waals surface area contributed by atoms with Gasteiger partial charge in [-0.05, 0) is 19.8 Å². The molecule has 2 fully saturated rings. The molecule has 0 amide bonds. The van der Waals surface area contributed by atoms with Gasteiger partial charge in [0.1, 0.15) is 5.60 Å². The van der Waals surface area contributed by atoms with Crippen LogP contribution in [0.2, 0.25) is 0 Å². The molecule has 0 aromatic heterocycles. The van der Waals surface area contributed by atoms with Crippen molar-refractivity contribution in [2.45, 2.75) is 64.1 Å². The van der Waals surface area contributed by atoms with Crippen LogP contribution in [-0.2, 0) is 33.3 Å². The zero-order chi connectivity index (χ0) is 16.2. The highest BCUT2D eigenvalue weighted by atomic mass is 16.8. The van der Waals surface area contributed by atoms with Crippen LogP contribution in [0, 0.1) is 0 Å². The third kappa shape index (κ3) is 4.18. The highest BCUT2D eigenvalue weighted by molar-refractivity contribution is 5.72. The molecule has 2 aliphatic heterocycles. The first-order valence-electron chi connectivity index (χ1n) is 7.68. The number of carbonyl (C=O) groups excluding carboxylic acids is 2. The Labute approximate surface area is 130 Å². The van der Waals surface area contributed by atoms with Crippen LogP contribution in [0.3, 0.4) is 0 Å². The van der Waals surface area contributed by atoms with Crippen molar-refractivity contribution >= 4 is 11.9 Å². The SMILES string of the molecule is CCOC(=O)CCCC1(C2OCCO2)CC(=O)OC(C)(C)O1. The highest BCUT2D eigenvalue weighted by Gasteiger charge is 2.53. The molecule has 22 heavy (non-hydrogen) atoms. The maximum atomic E-state index is 11.9. The van der Waals surface area contributed by atoms with Gasteiger partial charge < -0.3 is 23.7 Å². The molecule has 2 rings (SSSR count). The van der Waals surface area contributed by atoms with E-state index in [4.69, 9.17) is 23.7 Å². The third-order valence-corrected chi connectivity index (χ3v) is 3.59. The maximum Gasteiger partial charge on any atom is 0.311 e. The molecule has 126 valence electrons.